The third-order valence-corrected chi connectivity index (χ3v) is 2.59. The average molecular weight is 314 g/mol. The van der Waals surface area contributed by atoms with Crippen molar-refractivity contribution in [2.75, 3.05) is 19.0 Å². The van der Waals surface area contributed by atoms with Crippen molar-refractivity contribution in [2.24, 2.45) is 5.92 Å². The van der Waals surface area contributed by atoms with Gasteiger partial charge in [0.25, 0.3) is 0 Å². The lowest BCUT2D eigenvalue weighted by Crippen LogP contribution is -2.37. The number of nitrogens with one attached hydrogen (secondary N) is 2. The Labute approximate surface area is 125 Å². The van der Waals surface area contributed by atoms with Crippen LogP contribution in [0.5, 0.6) is 0 Å². The summed E-state index contributed by atoms with van der Waals surface area (Å²) in [6.45, 7) is 3.94. The van der Waals surface area contributed by atoms with Gasteiger partial charge in [-0.25, -0.2) is 13.6 Å². The van der Waals surface area contributed by atoms with Crippen molar-refractivity contribution in [3.63, 3.8) is 0 Å². The van der Waals surface area contributed by atoms with E-state index in [0.29, 0.717) is 6.07 Å². The molecule has 0 heterocycles. The highest BCUT2D eigenvalue weighted by Gasteiger charge is 2.20. The minimum absolute atomic E-state index is 0.130. The van der Waals surface area contributed by atoms with E-state index in [9.17, 15) is 23.2 Å². The van der Waals surface area contributed by atoms with E-state index in [2.05, 4.69) is 10.1 Å². The van der Waals surface area contributed by atoms with E-state index in [1.165, 1.54) is 0 Å². The number of hydrogen-bond donors (Lipinski definition) is 2. The SMILES string of the molecule is COC(=O)c1cc(NC(=O)C(=O)NCC(C)C)c(F)cc1F. The van der Waals surface area contributed by atoms with Crippen LogP contribution in [-0.4, -0.2) is 31.4 Å². The zero-order valence-corrected chi connectivity index (χ0v) is 12.3. The van der Waals surface area contributed by atoms with Crippen molar-refractivity contribution in [3.8, 4) is 0 Å². The van der Waals surface area contributed by atoms with Crippen LogP contribution in [0.4, 0.5) is 14.5 Å². The van der Waals surface area contributed by atoms with Crippen LogP contribution in [0.2, 0.25) is 0 Å². The fourth-order valence-electron chi connectivity index (χ4n) is 1.47. The monoisotopic (exact) mass is 314 g/mol. The second-order valence-electron chi connectivity index (χ2n) is 4.86. The Morgan fingerprint density at radius 1 is 1.14 bits per heavy atom. The molecule has 0 saturated heterocycles. The minimum Gasteiger partial charge on any atom is -0.465 e. The quantitative estimate of drug-likeness (QED) is 0.651. The lowest BCUT2D eigenvalue weighted by Gasteiger charge is -2.10. The molecule has 120 valence electrons. The molecule has 0 aromatic heterocycles. The third-order valence-electron chi connectivity index (χ3n) is 2.59. The van der Waals surface area contributed by atoms with E-state index in [4.69, 9.17) is 0 Å². The molecule has 0 aliphatic rings. The van der Waals surface area contributed by atoms with Gasteiger partial charge in [-0.2, -0.15) is 0 Å². The maximum Gasteiger partial charge on any atom is 0.340 e. The summed E-state index contributed by atoms with van der Waals surface area (Å²) in [5, 5.41) is 4.32. The highest BCUT2D eigenvalue weighted by atomic mass is 19.1. The van der Waals surface area contributed by atoms with Gasteiger partial charge in [0.1, 0.15) is 11.6 Å². The van der Waals surface area contributed by atoms with Gasteiger partial charge in [-0.15, -0.1) is 0 Å². The summed E-state index contributed by atoms with van der Waals surface area (Å²) in [4.78, 5) is 34.4. The second kappa shape index (κ2) is 7.48. The summed E-state index contributed by atoms with van der Waals surface area (Å²) in [5.74, 6) is -5.23. The Balaban J connectivity index is 2.91. The molecule has 2 amide bonds. The molecule has 0 fully saturated rings. The molecule has 0 bridgehead atoms. The normalized spacial score (nSPS) is 10.3. The number of carbonyl (C=O) groups excluding carboxylic acids is 3. The summed E-state index contributed by atoms with van der Waals surface area (Å²) < 4.78 is 31.4. The molecule has 8 heteroatoms. The number of anilines is 1. The molecule has 2 N–H and O–H groups in total. The number of rotatable bonds is 4. The van der Waals surface area contributed by atoms with E-state index in [0.717, 1.165) is 13.2 Å². The van der Waals surface area contributed by atoms with E-state index in [-0.39, 0.29) is 12.5 Å². The molecule has 0 spiro atoms. The summed E-state index contributed by atoms with van der Waals surface area (Å²) in [7, 11) is 1.03. The smallest absolute Gasteiger partial charge is 0.340 e. The van der Waals surface area contributed by atoms with Crippen LogP contribution in [0.3, 0.4) is 0 Å². The number of carbonyl (C=O) groups is 3. The summed E-state index contributed by atoms with van der Waals surface area (Å²) in [6, 6.07) is 1.19. The Bertz CT molecular complexity index is 603. The molecular weight excluding hydrogens is 298 g/mol. The molecule has 0 unspecified atom stereocenters. The fourth-order valence-corrected chi connectivity index (χ4v) is 1.47. The Hall–Kier alpha value is -2.51. The van der Waals surface area contributed by atoms with Gasteiger partial charge in [0, 0.05) is 12.6 Å². The van der Waals surface area contributed by atoms with E-state index >= 15 is 0 Å². The van der Waals surface area contributed by atoms with E-state index < -0.39 is 40.7 Å². The highest BCUT2D eigenvalue weighted by Crippen LogP contribution is 2.20. The molecule has 0 atom stereocenters. The minimum atomic E-state index is -1.13. The lowest BCUT2D eigenvalue weighted by molar-refractivity contribution is -0.136. The lowest BCUT2D eigenvalue weighted by atomic mass is 10.1. The van der Waals surface area contributed by atoms with Crippen LogP contribution < -0.4 is 10.6 Å². The van der Waals surface area contributed by atoms with Gasteiger partial charge in [-0.1, -0.05) is 13.8 Å². The molecule has 0 aliphatic carbocycles. The predicted octanol–water partition coefficient (Wildman–Crippen LogP) is 1.46. The largest absolute Gasteiger partial charge is 0.465 e. The van der Waals surface area contributed by atoms with Crippen LogP contribution in [0.1, 0.15) is 24.2 Å². The van der Waals surface area contributed by atoms with Gasteiger partial charge in [-0.3, -0.25) is 9.59 Å². The molecular formula is C14H16F2N2O4. The van der Waals surface area contributed by atoms with Crippen LogP contribution in [0, 0.1) is 17.6 Å². The number of halogens is 2. The van der Waals surface area contributed by atoms with E-state index in [1.54, 1.807) is 0 Å². The number of ether oxygens (including phenoxy) is 1. The Kier molecular flexibility index (Phi) is 5.97. The predicted molar refractivity (Wildman–Crippen MR) is 74.2 cm³/mol. The van der Waals surface area contributed by atoms with Gasteiger partial charge in [0.05, 0.1) is 18.4 Å². The molecule has 1 rings (SSSR count). The van der Waals surface area contributed by atoms with Crippen molar-refractivity contribution in [1.29, 1.82) is 0 Å². The van der Waals surface area contributed by atoms with Crippen LogP contribution in [0.25, 0.3) is 0 Å². The maximum atomic E-state index is 13.6. The summed E-state index contributed by atoms with van der Waals surface area (Å²) in [6.07, 6.45) is 0. The van der Waals surface area contributed by atoms with Crippen LogP contribution >= 0.6 is 0 Å². The molecule has 6 nitrogen and oxygen atoms in total. The molecule has 22 heavy (non-hydrogen) atoms. The fraction of sp³-hybridized carbons (Fsp3) is 0.357. The zero-order valence-electron chi connectivity index (χ0n) is 12.3. The zero-order chi connectivity index (χ0) is 16.9. The second-order valence-corrected chi connectivity index (χ2v) is 4.86. The number of benzene rings is 1. The first-order valence-corrected chi connectivity index (χ1v) is 6.42. The molecule has 1 aromatic carbocycles. The molecule has 1 aromatic rings. The van der Waals surface area contributed by atoms with Gasteiger partial charge in [0.2, 0.25) is 0 Å². The van der Waals surface area contributed by atoms with Gasteiger partial charge >= 0.3 is 17.8 Å². The van der Waals surface area contributed by atoms with Crippen molar-refractivity contribution in [1.82, 2.24) is 5.32 Å². The summed E-state index contributed by atoms with van der Waals surface area (Å²) in [5.41, 5.74) is -1.05. The van der Waals surface area contributed by atoms with Gasteiger partial charge in [-0.05, 0) is 12.0 Å². The van der Waals surface area contributed by atoms with Gasteiger partial charge < -0.3 is 15.4 Å². The van der Waals surface area contributed by atoms with Crippen LogP contribution in [0.15, 0.2) is 12.1 Å². The van der Waals surface area contributed by atoms with Crippen molar-refractivity contribution < 1.29 is 27.9 Å². The maximum absolute atomic E-state index is 13.6. The van der Waals surface area contributed by atoms with Crippen molar-refractivity contribution in [3.05, 3.63) is 29.3 Å². The standard InChI is InChI=1S/C14H16F2N2O4/c1-7(2)6-17-12(19)13(20)18-11-4-8(14(21)22-3)9(15)5-10(11)16/h4-5,7H,6H2,1-3H3,(H,17,19)(H,18,20). The summed E-state index contributed by atoms with van der Waals surface area (Å²) >= 11 is 0. The first-order chi connectivity index (χ1) is 10.3. The van der Waals surface area contributed by atoms with E-state index in [1.807, 2.05) is 19.2 Å². The number of hydrogen-bond acceptors (Lipinski definition) is 4. The Morgan fingerprint density at radius 3 is 2.32 bits per heavy atom. The van der Waals surface area contributed by atoms with Crippen molar-refractivity contribution >= 4 is 23.5 Å². The molecule has 0 saturated carbocycles. The van der Waals surface area contributed by atoms with Crippen molar-refractivity contribution in [2.45, 2.75) is 13.8 Å². The number of methoxy groups -OCH3 is 1. The first-order valence-electron chi connectivity index (χ1n) is 6.42. The first kappa shape index (κ1) is 17.5. The number of esters is 1. The topological polar surface area (TPSA) is 84.5 Å². The number of amides is 2. The Morgan fingerprint density at radius 2 is 1.77 bits per heavy atom. The average Bonchev–Trinajstić information content (AvgIpc) is 2.46. The molecule has 0 aliphatic heterocycles. The molecule has 0 radical (unpaired) electrons. The van der Waals surface area contributed by atoms with Gasteiger partial charge in [0.15, 0.2) is 0 Å². The third kappa shape index (κ3) is 4.51. The highest BCUT2D eigenvalue weighted by molar-refractivity contribution is 6.39. The van der Waals surface area contributed by atoms with Crippen LogP contribution in [-0.2, 0) is 14.3 Å².